The molecule has 100 valence electrons. The first-order valence-electron chi connectivity index (χ1n) is 6.36. The predicted octanol–water partition coefficient (Wildman–Crippen LogP) is 2.54. The fourth-order valence-electron chi connectivity index (χ4n) is 1.88. The molecule has 0 unspecified atom stereocenters. The maximum absolute atomic E-state index is 12.3. The first-order chi connectivity index (χ1) is 8.63. The van der Waals surface area contributed by atoms with Gasteiger partial charge in [0.2, 0.25) is 0 Å². The van der Waals surface area contributed by atoms with Crippen LogP contribution >= 0.6 is 0 Å². The molecule has 0 saturated carbocycles. The van der Waals surface area contributed by atoms with Gasteiger partial charge in [0.25, 0.3) is 5.91 Å². The Morgan fingerprint density at radius 3 is 2.39 bits per heavy atom. The molecule has 0 spiro atoms. The number of benzene rings is 1. The first-order valence-corrected chi connectivity index (χ1v) is 6.36. The second-order valence-electron chi connectivity index (χ2n) is 4.25. The second kappa shape index (κ2) is 6.89. The summed E-state index contributed by atoms with van der Waals surface area (Å²) in [4.78, 5) is 14.2. The van der Waals surface area contributed by atoms with Crippen LogP contribution in [0, 0.1) is 0 Å². The van der Waals surface area contributed by atoms with Gasteiger partial charge in [0.15, 0.2) is 0 Å². The summed E-state index contributed by atoms with van der Waals surface area (Å²) in [5.74, 6) is 0.589. The van der Waals surface area contributed by atoms with Crippen molar-refractivity contribution < 1.29 is 9.53 Å². The monoisotopic (exact) mass is 250 g/mol. The third kappa shape index (κ3) is 3.39. The fourth-order valence-corrected chi connectivity index (χ4v) is 1.88. The zero-order valence-corrected chi connectivity index (χ0v) is 11.4. The maximum atomic E-state index is 12.3. The number of rotatable bonds is 6. The summed E-state index contributed by atoms with van der Waals surface area (Å²) in [5, 5.41) is 0. The Morgan fingerprint density at radius 2 is 1.89 bits per heavy atom. The summed E-state index contributed by atoms with van der Waals surface area (Å²) in [6, 6.07) is 5.16. The molecule has 1 aromatic rings. The average molecular weight is 250 g/mol. The van der Waals surface area contributed by atoms with Crippen molar-refractivity contribution in [2.45, 2.75) is 26.7 Å². The lowest BCUT2D eigenvalue weighted by molar-refractivity contribution is 0.0755. The summed E-state index contributed by atoms with van der Waals surface area (Å²) >= 11 is 0. The summed E-state index contributed by atoms with van der Waals surface area (Å²) in [7, 11) is 1.55. The molecule has 0 heterocycles. The zero-order valence-electron chi connectivity index (χ0n) is 11.4. The highest BCUT2D eigenvalue weighted by molar-refractivity contribution is 5.95. The van der Waals surface area contributed by atoms with E-state index in [9.17, 15) is 4.79 Å². The Hall–Kier alpha value is -1.71. The highest BCUT2D eigenvalue weighted by Gasteiger charge is 2.15. The molecule has 1 aromatic carbocycles. The van der Waals surface area contributed by atoms with Crippen molar-refractivity contribution in [2.24, 2.45) is 0 Å². The van der Waals surface area contributed by atoms with Gasteiger partial charge in [-0.15, -0.1) is 0 Å². The Bertz CT molecular complexity index is 399. The van der Waals surface area contributed by atoms with Crippen molar-refractivity contribution >= 4 is 11.6 Å². The first kappa shape index (κ1) is 14.4. The van der Waals surface area contributed by atoms with Crippen molar-refractivity contribution in [3.63, 3.8) is 0 Å². The number of hydrogen-bond donors (Lipinski definition) is 1. The fraction of sp³-hybridized carbons (Fsp3) is 0.500. The molecule has 0 aliphatic heterocycles. The molecule has 2 N–H and O–H groups in total. The molecule has 0 radical (unpaired) electrons. The normalized spacial score (nSPS) is 10.2. The number of nitrogens with zero attached hydrogens (tertiary/aromatic N) is 1. The third-order valence-electron chi connectivity index (χ3n) is 2.75. The summed E-state index contributed by atoms with van der Waals surface area (Å²) < 4.78 is 5.14. The molecule has 4 heteroatoms. The number of carbonyl (C=O) groups excluding carboxylic acids is 1. The minimum absolute atomic E-state index is 0.0389. The van der Waals surface area contributed by atoms with Gasteiger partial charge in [-0.3, -0.25) is 4.79 Å². The summed E-state index contributed by atoms with van der Waals surface area (Å²) in [6.07, 6.45) is 1.91. The Labute approximate surface area is 109 Å². The number of amides is 1. The van der Waals surface area contributed by atoms with Gasteiger partial charge < -0.3 is 15.4 Å². The van der Waals surface area contributed by atoms with Gasteiger partial charge in [-0.1, -0.05) is 13.8 Å². The number of nitrogen functional groups attached to an aromatic ring is 1. The average Bonchev–Trinajstić information content (AvgIpc) is 2.38. The smallest absolute Gasteiger partial charge is 0.253 e. The van der Waals surface area contributed by atoms with E-state index in [1.807, 2.05) is 4.90 Å². The number of methoxy groups -OCH3 is 1. The highest BCUT2D eigenvalue weighted by atomic mass is 16.5. The number of carbonyl (C=O) groups is 1. The van der Waals surface area contributed by atoms with Gasteiger partial charge in [-0.2, -0.15) is 0 Å². The topological polar surface area (TPSA) is 55.6 Å². The van der Waals surface area contributed by atoms with Crippen LogP contribution in [0.1, 0.15) is 37.0 Å². The predicted molar refractivity (Wildman–Crippen MR) is 73.9 cm³/mol. The number of hydrogen-bond acceptors (Lipinski definition) is 3. The van der Waals surface area contributed by atoms with Crippen molar-refractivity contribution in [1.29, 1.82) is 0 Å². The van der Waals surface area contributed by atoms with E-state index in [4.69, 9.17) is 10.5 Å². The lowest BCUT2D eigenvalue weighted by Crippen LogP contribution is -2.32. The van der Waals surface area contributed by atoms with Crippen LogP contribution < -0.4 is 10.5 Å². The molecule has 1 rings (SSSR count). The number of ether oxygens (including phenoxy) is 1. The van der Waals surface area contributed by atoms with E-state index in [1.54, 1.807) is 25.3 Å². The van der Waals surface area contributed by atoms with Gasteiger partial charge in [0, 0.05) is 18.7 Å². The minimum Gasteiger partial charge on any atom is -0.495 e. The zero-order chi connectivity index (χ0) is 13.5. The van der Waals surface area contributed by atoms with Crippen molar-refractivity contribution in [1.82, 2.24) is 4.90 Å². The van der Waals surface area contributed by atoms with Crippen LogP contribution in [0.5, 0.6) is 5.75 Å². The van der Waals surface area contributed by atoms with Crippen LogP contribution in [0.2, 0.25) is 0 Å². The van der Waals surface area contributed by atoms with Gasteiger partial charge in [0.1, 0.15) is 5.75 Å². The van der Waals surface area contributed by atoms with Gasteiger partial charge in [-0.05, 0) is 31.0 Å². The molecule has 4 nitrogen and oxygen atoms in total. The molecule has 0 fully saturated rings. The van der Waals surface area contributed by atoms with Crippen LogP contribution in [0.25, 0.3) is 0 Å². The largest absolute Gasteiger partial charge is 0.495 e. The van der Waals surface area contributed by atoms with Gasteiger partial charge in [-0.25, -0.2) is 0 Å². The minimum atomic E-state index is 0.0389. The Morgan fingerprint density at radius 1 is 1.28 bits per heavy atom. The van der Waals surface area contributed by atoms with Crippen molar-refractivity contribution in [3.8, 4) is 5.75 Å². The summed E-state index contributed by atoms with van der Waals surface area (Å²) in [6.45, 7) is 5.69. The van der Waals surface area contributed by atoms with Crippen LogP contribution in [0.15, 0.2) is 18.2 Å². The highest BCUT2D eigenvalue weighted by Crippen LogP contribution is 2.23. The molecule has 0 aliphatic rings. The van der Waals surface area contributed by atoms with E-state index < -0.39 is 0 Å². The molecule has 0 saturated heterocycles. The summed E-state index contributed by atoms with van der Waals surface area (Å²) in [5.41, 5.74) is 6.92. The Balaban J connectivity index is 2.93. The van der Waals surface area contributed by atoms with E-state index in [0.717, 1.165) is 25.9 Å². The maximum Gasteiger partial charge on any atom is 0.253 e. The molecular formula is C14H22N2O2. The van der Waals surface area contributed by atoms with E-state index >= 15 is 0 Å². The van der Waals surface area contributed by atoms with Gasteiger partial charge >= 0.3 is 0 Å². The van der Waals surface area contributed by atoms with Crippen LogP contribution in [0.3, 0.4) is 0 Å². The standard InChI is InChI=1S/C14H22N2O2/c1-4-8-16(9-5-2)14(17)11-6-7-12(15)13(10-11)18-3/h6-7,10H,4-5,8-9,15H2,1-3H3. The van der Waals surface area contributed by atoms with Gasteiger partial charge in [0.05, 0.1) is 12.8 Å². The lowest BCUT2D eigenvalue weighted by Gasteiger charge is -2.21. The Kier molecular flexibility index (Phi) is 5.49. The van der Waals surface area contributed by atoms with E-state index in [0.29, 0.717) is 17.0 Å². The molecule has 18 heavy (non-hydrogen) atoms. The second-order valence-corrected chi connectivity index (χ2v) is 4.25. The van der Waals surface area contributed by atoms with Crippen molar-refractivity contribution in [3.05, 3.63) is 23.8 Å². The van der Waals surface area contributed by atoms with E-state index in [2.05, 4.69) is 13.8 Å². The molecule has 0 aromatic heterocycles. The van der Waals surface area contributed by atoms with E-state index in [1.165, 1.54) is 0 Å². The lowest BCUT2D eigenvalue weighted by atomic mass is 10.1. The number of nitrogens with two attached hydrogens (primary N) is 1. The molecule has 1 amide bonds. The van der Waals surface area contributed by atoms with E-state index in [-0.39, 0.29) is 5.91 Å². The van der Waals surface area contributed by atoms with Crippen LogP contribution in [-0.4, -0.2) is 31.0 Å². The third-order valence-corrected chi connectivity index (χ3v) is 2.75. The molecule has 0 bridgehead atoms. The number of anilines is 1. The van der Waals surface area contributed by atoms with Crippen LogP contribution in [0.4, 0.5) is 5.69 Å². The molecule has 0 aliphatic carbocycles. The molecular weight excluding hydrogens is 228 g/mol. The van der Waals surface area contributed by atoms with Crippen LogP contribution in [-0.2, 0) is 0 Å². The SMILES string of the molecule is CCCN(CCC)C(=O)c1ccc(N)c(OC)c1. The quantitative estimate of drug-likeness (QED) is 0.789. The molecule has 0 atom stereocenters. The van der Waals surface area contributed by atoms with Crippen molar-refractivity contribution in [2.75, 3.05) is 25.9 Å².